The predicted molar refractivity (Wildman–Crippen MR) is 73.2 cm³/mol. The number of halogens is 1. The molecule has 0 unspecified atom stereocenters. The van der Waals surface area contributed by atoms with Crippen LogP contribution in [0.3, 0.4) is 0 Å². The maximum Gasteiger partial charge on any atom is 0.239 e. The van der Waals surface area contributed by atoms with E-state index in [1.807, 2.05) is 30.3 Å². The van der Waals surface area contributed by atoms with E-state index in [9.17, 15) is 4.39 Å². The summed E-state index contributed by atoms with van der Waals surface area (Å²) in [7, 11) is 1.79. The summed E-state index contributed by atoms with van der Waals surface area (Å²) in [4.78, 5) is 9.46. The Morgan fingerprint density at radius 2 is 2.05 bits per heavy atom. The largest absolute Gasteiger partial charge is 0.357 e. The Kier molecular flexibility index (Phi) is 4.25. The minimum atomic E-state index is -0.463. The molecule has 3 N–H and O–H groups in total. The number of nitrogens with two attached hydrogens (primary N) is 1. The molecule has 2 rings (SSSR count). The van der Waals surface area contributed by atoms with Crippen LogP contribution in [0.5, 0.6) is 0 Å². The van der Waals surface area contributed by atoms with Crippen molar-refractivity contribution < 1.29 is 4.39 Å². The highest BCUT2D eigenvalue weighted by Crippen LogP contribution is 2.16. The Morgan fingerprint density at radius 1 is 1.32 bits per heavy atom. The van der Waals surface area contributed by atoms with Gasteiger partial charge in [-0.15, -0.1) is 0 Å². The Labute approximate surface area is 111 Å². The monoisotopic (exact) mass is 261 g/mol. The normalized spacial score (nSPS) is 10.3. The average molecular weight is 261 g/mol. The molecule has 0 atom stereocenters. The summed E-state index contributed by atoms with van der Waals surface area (Å²) in [6.45, 7) is 0.655. The van der Waals surface area contributed by atoms with Crippen LogP contribution in [-0.2, 0) is 6.42 Å². The summed E-state index contributed by atoms with van der Waals surface area (Å²) in [5.74, 6) is 5.19. The number of rotatable bonds is 5. The minimum absolute atomic E-state index is 0.197. The standard InChI is InChI=1S/C13H16FN5/c1-19(8-7-10-5-3-2-4-6-10)12-11(14)9-16-13(17-12)18-15/h2-6,9H,7-8,15H2,1H3,(H,16,17,18). The number of nitrogens with one attached hydrogen (secondary N) is 1. The first-order valence-electron chi connectivity index (χ1n) is 5.95. The molecule has 0 aliphatic heterocycles. The van der Waals surface area contributed by atoms with E-state index in [-0.39, 0.29) is 11.8 Å². The lowest BCUT2D eigenvalue weighted by Gasteiger charge is -2.18. The zero-order chi connectivity index (χ0) is 13.7. The zero-order valence-corrected chi connectivity index (χ0v) is 10.7. The summed E-state index contributed by atoms with van der Waals surface area (Å²) in [6.07, 6.45) is 1.92. The van der Waals surface area contributed by atoms with Crippen molar-refractivity contribution in [3.8, 4) is 0 Å². The van der Waals surface area contributed by atoms with Gasteiger partial charge in [0.25, 0.3) is 0 Å². The van der Waals surface area contributed by atoms with E-state index < -0.39 is 5.82 Å². The molecule has 19 heavy (non-hydrogen) atoms. The van der Waals surface area contributed by atoms with Crippen molar-refractivity contribution in [2.24, 2.45) is 5.84 Å². The van der Waals surface area contributed by atoms with E-state index in [2.05, 4.69) is 15.4 Å². The fraction of sp³-hybridized carbons (Fsp3) is 0.231. The van der Waals surface area contributed by atoms with Gasteiger partial charge >= 0.3 is 0 Å². The van der Waals surface area contributed by atoms with Gasteiger partial charge in [0.05, 0.1) is 6.20 Å². The summed E-state index contributed by atoms with van der Waals surface area (Å²) in [6, 6.07) is 10.0. The van der Waals surface area contributed by atoms with Crippen LogP contribution in [0.1, 0.15) is 5.56 Å². The summed E-state index contributed by atoms with van der Waals surface area (Å²) >= 11 is 0. The lowest BCUT2D eigenvalue weighted by atomic mass is 10.1. The van der Waals surface area contributed by atoms with Gasteiger partial charge in [0, 0.05) is 13.6 Å². The minimum Gasteiger partial charge on any atom is -0.357 e. The first-order chi connectivity index (χ1) is 9.20. The van der Waals surface area contributed by atoms with E-state index in [1.54, 1.807) is 11.9 Å². The van der Waals surface area contributed by atoms with E-state index >= 15 is 0 Å². The summed E-state index contributed by atoms with van der Waals surface area (Å²) in [5.41, 5.74) is 3.50. The molecule has 0 saturated carbocycles. The van der Waals surface area contributed by atoms with Crippen LogP contribution in [0, 0.1) is 5.82 Å². The van der Waals surface area contributed by atoms with Gasteiger partial charge in [-0.3, -0.25) is 5.43 Å². The molecule has 0 radical (unpaired) electrons. The number of benzene rings is 1. The zero-order valence-electron chi connectivity index (χ0n) is 10.7. The van der Waals surface area contributed by atoms with E-state index in [1.165, 1.54) is 5.56 Å². The topological polar surface area (TPSA) is 67.1 Å². The number of likely N-dealkylation sites (N-methyl/N-ethyl adjacent to an activating group) is 1. The van der Waals surface area contributed by atoms with Gasteiger partial charge < -0.3 is 4.90 Å². The third-order valence-corrected chi connectivity index (χ3v) is 2.79. The SMILES string of the molecule is CN(CCc1ccccc1)c1nc(NN)ncc1F. The van der Waals surface area contributed by atoms with Gasteiger partial charge in [-0.1, -0.05) is 30.3 Å². The molecule has 0 fully saturated rings. The van der Waals surface area contributed by atoms with E-state index in [0.29, 0.717) is 6.54 Å². The molecular weight excluding hydrogens is 245 g/mol. The molecule has 100 valence electrons. The number of aromatic nitrogens is 2. The van der Waals surface area contributed by atoms with Crippen LogP contribution in [-0.4, -0.2) is 23.6 Å². The molecule has 5 nitrogen and oxygen atoms in total. The van der Waals surface area contributed by atoms with Crippen LogP contribution in [0.4, 0.5) is 16.2 Å². The Hall–Kier alpha value is -2.21. The first-order valence-corrected chi connectivity index (χ1v) is 5.95. The van der Waals surface area contributed by atoms with Crippen molar-refractivity contribution in [3.05, 3.63) is 47.9 Å². The molecule has 0 aliphatic rings. The number of anilines is 2. The van der Waals surface area contributed by atoms with Crippen molar-refractivity contribution in [3.63, 3.8) is 0 Å². The number of hydrazine groups is 1. The van der Waals surface area contributed by atoms with Crippen LogP contribution in [0.2, 0.25) is 0 Å². The van der Waals surface area contributed by atoms with Crippen molar-refractivity contribution in [1.82, 2.24) is 9.97 Å². The van der Waals surface area contributed by atoms with Crippen molar-refractivity contribution in [2.75, 3.05) is 23.9 Å². The number of nitrogen functional groups attached to an aromatic ring is 1. The quantitative estimate of drug-likeness (QED) is 0.632. The van der Waals surface area contributed by atoms with Gasteiger partial charge in [0.1, 0.15) is 0 Å². The fourth-order valence-electron chi connectivity index (χ4n) is 1.74. The highest BCUT2D eigenvalue weighted by atomic mass is 19.1. The molecule has 1 heterocycles. The lowest BCUT2D eigenvalue weighted by Crippen LogP contribution is -2.24. The molecule has 0 amide bonds. The molecule has 0 saturated heterocycles. The van der Waals surface area contributed by atoms with Gasteiger partial charge in [-0.05, 0) is 12.0 Å². The number of hydrogen-bond acceptors (Lipinski definition) is 5. The molecule has 2 aromatic rings. The Balaban J connectivity index is 2.05. The second-order valence-corrected chi connectivity index (χ2v) is 4.17. The van der Waals surface area contributed by atoms with Gasteiger partial charge in [-0.25, -0.2) is 15.2 Å². The van der Waals surface area contributed by atoms with Crippen molar-refractivity contribution >= 4 is 11.8 Å². The first kappa shape index (κ1) is 13.2. The third kappa shape index (κ3) is 3.38. The highest BCUT2D eigenvalue weighted by molar-refractivity contribution is 5.42. The molecule has 0 bridgehead atoms. The van der Waals surface area contributed by atoms with E-state index in [0.717, 1.165) is 12.6 Å². The fourth-order valence-corrected chi connectivity index (χ4v) is 1.74. The Morgan fingerprint density at radius 3 is 2.74 bits per heavy atom. The second kappa shape index (κ2) is 6.10. The van der Waals surface area contributed by atoms with Crippen molar-refractivity contribution in [2.45, 2.75) is 6.42 Å². The van der Waals surface area contributed by atoms with Gasteiger partial charge in [-0.2, -0.15) is 4.98 Å². The smallest absolute Gasteiger partial charge is 0.239 e. The molecule has 1 aromatic carbocycles. The second-order valence-electron chi connectivity index (χ2n) is 4.17. The summed E-state index contributed by atoms with van der Waals surface area (Å²) < 4.78 is 13.6. The molecule has 6 heteroatoms. The third-order valence-electron chi connectivity index (χ3n) is 2.79. The Bertz CT molecular complexity index is 532. The average Bonchev–Trinajstić information content (AvgIpc) is 2.46. The van der Waals surface area contributed by atoms with Crippen LogP contribution >= 0.6 is 0 Å². The molecule has 0 aliphatic carbocycles. The summed E-state index contributed by atoms with van der Waals surface area (Å²) in [5, 5.41) is 0. The number of nitrogens with zero attached hydrogens (tertiary/aromatic N) is 3. The number of hydrogen-bond donors (Lipinski definition) is 2. The van der Waals surface area contributed by atoms with E-state index in [4.69, 9.17) is 5.84 Å². The maximum atomic E-state index is 13.6. The molecule has 0 spiro atoms. The highest BCUT2D eigenvalue weighted by Gasteiger charge is 2.11. The molecular formula is C13H16FN5. The van der Waals surface area contributed by atoms with Crippen LogP contribution in [0.15, 0.2) is 36.5 Å². The van der Waals surface area contributed by atoms with Crippen molar-refractivity contribution in [1.29, 1.82) is 0 Å². The van der Waals surface area contributed by atoms with Gasteiger partial charge in [0.15, 0.2) is 11.6 Å². The van der Waals surface area contributed by atoms with Crippen LogP contribution in [0.25, 0.3) is 0 Å². The predicted octanol–water partition coefficient (Wildman–Crippen LogP) is 1.58. The van der Waals surface area contributed by atoms with Gasteiger partial charge in [0.2, 0.25) is 5.95 Å². The lowest BCUT2D eigenvalue weighted by molar-refractivity contribution is 0.607. The molecule has 1 aromatic heterocycles. The maximum absolute atomic E-state index is 13.6. The van der Waals surface area contributed by atoms with Crippen LogP contribution < -0.4 is 16.2 Å².